The number of rotatable bonds is 9. The predicted octanol–water partition coefficient (Wildman–Crippen LogP) is 3.15. The highest BCUT2D eigenvalue weighted by Crippen LogP contribution is 2.21. The maximum absolute atomic E-state index is 12.1. The minimum atomic E-state index is -0.0272. The fraction of sp³-hybridized carbons (Fsp3) is 0.350. The predicted molar refractivity (Wildman–Crippen MR) is 95.3 cm³/mol. The third-order valence-corrected chi connectivity index (χ3v) is 3.83. The zero-order valence-corrected chi connectivity index (χ0v) is 14.4. The van der Waals surface area contributed by atoms with E-state index >= 15 is 0 Å². The van der Waals surface area contributed by atoms with E-state index < -0.39 is 0 Å². The summed E-state index contributed by atoms with van der Waals surface area (Å²) >= 11 is 0. The molecule has 0 fully saturated rings. The largest absolute Gasteiger partial charge is 0.483 e. The van der Waals surface area contributed by atoms with Crippen molar-refractivity contribution < 1.29 is 14.3 Å². The van der Waals surface area contributed by atoms with Crippen LogP contribution in [0.2, 0.25) is 0 Å². The van der Waals surface area contributed by atoms with Gasteiger partial charge in [0.1, 0.15) is 5.75 Å². The number of nitrogens with zero attached hydrogens (tertiary/aromatic N) is 1. The molecule has 0 saturated heterocycles. The number of ether oxygens (including phenoxy) is 2. The molecule has 2 aromatic rings. The first-order valence-corrected chi connectivity index (χ1v) is 8.18. The van der Waals surface area contributed by atoms with Crippen molar-refractivity contribution in [3.05, 3.63) is 65.7 Å². The van der Waals surface area contributed by atoms with Crippen molar-refractivity contribution in [3.63, 3.8) is 0 Å². The summed E-state index contributed by atoms with van der Waals surface area (Å²) in [5.41, 5.74) is 2.30. The second-order valence-corrected chi connectivity index (χ2v) is 5.72. The third-order valence-electron chi connectivity index (χ3n) is 3.83. The van der Waals surface area contributed by atoms with Gasteiger partial charge in [-0.3, -0.25) is 4.79 Å². The third kappa shape index (κ3) is 5.70. The van der Waals surface area contributed by atoms with E-state index in [1.54, 1.807) is 19.1 Å². The zero-order valence-electron chi connectivity index (χ0n) is 14.4. The molecular formula is C20H25NO3. The molecule has 0 bridgehead atoms. The van der Waals surface area contributed by atoms with Crippen molar-refractivity contribution in [2.75, 3.05) is 33.9 Å². The molecule has 0 aliphatic heterocycles. The van der Waals surface area contributed by atoms with Gasteiger partial charge in [0, 0.05) is 33.7 Å². The smallest absolute Gasteiger partial charge is 0.260 e. The van der Waals surface area contributed by atoms with Crippen LogP contribution in [0.25, 0.3) is 0 Å². The number of likely N-dealkylation sites (N-methyl/N-ethyl adjacent to an activating group) is 1. The van der Waals surface area contributed by atoms with Crippen LogP contribution in [0, 0.1) is 0 Å². The highest BCUT2D eigenvalue weighted by Gasteiger charge is 2.11. The molecular weight excluding hydrogens is 302 g/mol. The van der Waals surface area contributed by atoms with E-state index in [9.17, 15) is 4.79 Å². The Morgan fingerprint density at radius 1 is 1.04 bits per heavy atom. The first-order valence-electron chi connectivity index (χ1n) is 8.18. The first-order chi connectivity index (χ1) is 11.7. The fourth-order valence-electron chi connectivity index (χ4n) is 2.43. The van der Waals surface area contributed by atoms with Crippen molar-refractivity contribution in [2.24, 2.45) is 0 Å². The maximum Gasteiger partial charge on any atom is 0.260 e. The van der Waals surface area contributed by atoms with Gasteiger partial charge in [0.15, 0.2) is 6.61 Å². The van der Waals surface area contributed by atoms with E-state index in [0.717, 1.165) is 24.2 Å². The molecule has 0 aliphatic carbocycles. The average Bonchev–Trinajstić information content (AvgIpc) is 2.61. The Labute approximate surface area is 144 Å². The summed E-state index contributed by atoms with van der Waals surface area (Å²) in [5.74, 6) is 0.737. The number of carbonyl (C=O) groups excluding carboxylic acids is 1. The lowest BCUT2D eigenvalue weighted by Crippen LogP contribution is -2.32. The number of methoxy groups -OCH3 is 1. The summed E-state index contributed by atoms with van der Waals surface area (Å²) in [7, 11) is 3.45. The van der Waals surface area contributed by atoms with Crippen LogP contribution in [0.3, 0.4) is 0 Å². The summed E-state index contributed by atoms with van der Waals surface area (Å²) in [6.07, 6.45) is 1.61. The van der Waals surface area contributed by atoms with Gasteiger partial charge in [-0.15, -0.1) is 0 Å². The van der Waals surface area contributed by atoms with Gasteiger partial charge < -0.3 is 14.4 Å². The van der Waals surface area contributed by atoms with Crippen molar-refractivity contribution in [3.8, 4) is 5.75 Å². The Balaban J connectivity index is 1.91. The Hall–Kier alpha value is -2.33. The molecule has 0 heterocycles. The Morgan fingerprint density at radius 3 is 2.50 bits per heavy atom. The molecule has 0 aromatic heterocycles. The van der Waals surface area contributed by atoms with Gasteiger partial charge >= 0.3 is 0 Å². The van der Waals surface area contributed by atoms with Crippen LogP contribution in [-0.4, -0.2) is 44.7 Å². The van der Waals surface area contributed by atoms with Gasteiger partial charge in [0.2, 0.25) is 0 Å². The first kappa shape index (κ1) is 18.0. The van der Waals surface area contributed by atoms with Crippen molar-refractivity contribution in [1.29, 1.82) is 0 Å². The quantitative estimate of drug-likeness (QED) is 0.664. The molecule has 2 rings (SSSR count). The van der Waals surface area contributed by atoms with Crippen molar-refractivity contribution in [1.82, 2.24) is 4.90 Å². The SMILES string of the molecule is COCCCN(C)C(=O)COc1ccccc1Cc1ccccc1. The Bertz CT molecular complexity index is 628. The van der Waals surface area contributed by atoms with Crippen LogP contribution in [0.4, 0.5) is 0 Å². The molecule has 128 valence electrons. The van der Waals surface area contributed by atoms with Crippen molar-refractivity contribution in [2.45, 2.75) is 12.8 Å². The molecule has 0 unspecified atom stereocenters. The molecule has 0 N–H and O–H groups in total. The normalized spacial score (nSPS) is 10.4. The van der Waals surface area contributed by atoms with E-state index in [1.807, 2.05) is 42.5 Å². The van der Waals surface area contributed by atoms with Gasteiger partial charge in [0.05, 0.1) is 0 Å². The summed E-state index contributed by atoms with van der Waals surface area (Å²) in [5, 5.41) is 0. The van der Waals surface area contributed by atoms with E-state index in [2.05, 4.69) is 12.1 Å². The monoisotopic (exact) mass is 327 g/mol. The molecule has 0 atom stereocenters. The lowest BCUT2D eigenvalue weighted by molar-refractivity contribution is -0.132. The van der Waals surface area contributed by atoms with Crippen LogP contribution >= 0.6 is 0 Å². The van der Waals surface area contributed by atoms with Gasteiger partial charge in [-0.1, -0.05) is 48.5 Å². The number of amides is 1. The molecule has 24 heavy (non-hydrogen) atoms. The number of hydrogen-bond donors (Lipinski definition) is 0. The molecule has 0 aliphatic rings. The standard InChI is InChI=1S/C20H25NO3/c1-21(13-8-14-23-2)20(22)16-24-19-12-7-6-11-18(19)15-17-9-4-3-5-10-17/h3-7,9-12H,8,13-16H2,1-2H3. The van der Waals surface area contributed by atoms with Crippen LogP contribution in [0.15, 0.2) is 54.6 Å². The van der Waals surface area contributed by atoms with Crippen molar-refractivity contribution >= 4 is 5.91 Å². The molecule has 0 radical (unpaired) electrons. The minimum Gasteiger partial charge on any atom is -0.483 e. The highest BCUT2D eigenvalue weighted by molar-refractivity contribution is 5.77. The van der Waals surface area contributed by atoms with E-state index in [1.165, 1.54) is 5.56 Å². The topological polar surface area (TPSA) is 38.8 Å². The summed E-state index contributed by atoms with van der Waals surface area (Å²) in [6.45, 7) is 1.37. The number of carbonyl (C=O) groups is 1. The van der Waals surface area contributed by atoms with Gasteiger partial charge in [-0.2, -0.15) is 0 Å². The Kier molecular flexibility index (Phi) is 7.30. The lowest BCUT2D eigenvalue weighted by Gasteiger charge is -2.18. The minimum absolute atomic E-state index is 0.0272. The van der Waals surface area contributed by atoms with E-state index in [-0.39, 0.29) is 12.5 Å². The van der Waals surface area contributed by atoms with Gasteiger partial charge in [-0.05, 0) is 23.6 Å². The molecule has 0 saturated carbocycles. The molecule has 4 heteroatoms. The van der Waals surface area contributed by atoms with E-state index in [0.29, 0.717) is 13.2 Å². The fourth-order valence-corrected chi connectivity index (χ4v) is 2.43. The Morgan fingerprint density at radius 2 is 1.75 bits per heavy atom. The zero-order chi connectivity index (χ0) is 17.2. The second kappa shape index (κ2) is 9.73. The average molecular weight is 327 g/mol. The molecule has 0 spiro atoms. The van der Waals surface area contributed by atoms with Crippen LogP contribution in [-0.2, 0) is 16.0 Å². The number of para-hydroxylation sites is 1. The molecule has 4 nitrogen and oxygen atoms in total. The number of benzene rings is 2. The van der Waals surface area contributed by atoms with Gasteiger partial charge in [0.25, 0.3) is 5.91 Å². The number of hydrogen-bond acceptors (Lipinski definition) is 3. The molecule has 2 aromatic carbocycles. The summed E-state index contributed by atoms with van der Waals surface area (Å²) in [6, 6.07) is 18.1. The van der Waals surface area contributed by atoms with Crippen LogP contribution in [0.1, 0.15) is 17.5 Å². The maximum atomic E-state index is 12.1. The van der Waals surface area contributed by atoms with Gasteiger partial charge in [-0.25, -0.2) is 0 Å². The van der Waals surface area contributed by atoms with Crippen LogP contribution in [0.5, 0.6) is 5.75 Å². The van der Waals surface area contributed by atoms with Crippen LogP contribution < -0.4 is 4.74 Å². The summed E-state index contributed by atoms with van der Waals surface area (Å²) < 4.78 is 10.8. The lowest BCUT2D eigenvalue weighted by atomic mass is 10.0. The summed E-state index contributed by atoms with van der Waals surface area (Å²) in [4.78, 5) is 13.8. The molecule has 1 amide bonds. The second-order valence-electron chi connectivity index (χ2n) is 5.72. The van der Waals surface area contributed by atoms with E-state index in [4.69, 9.17) is 9.47 Å². The highest BCUT2D eigenvalue weighted by atomic mass is 16.5.